The molecule has 128 valence electrons. The molecule has 2 aromatic heterocycles. The smallest absolute Gasteiger partial charge is 0.258 e. The van der Waals surface area contributed by atoms with Crippen molar-refractivity contribution in [3.8, 4) is 5.75 Å². The van der Waals surface area contributed by atoms with Crippen molar-refractivity contribution >= 4 is 28.5 Å². The van der Waals surface area contributed by atoms with Crippen LogP contribution in [-0.2, 0) is 4.79 Å². The van der Waals surface area contributed by atoms with Gasteiger partial charge in [0.15, 0.2) is 0 Å². The average molecular weight is 346 g/mol. The van der Waals surface area contributed by atoms with Gasteiger partial charge in [0.05, 0.1) is 16.6 Å². The number of anilines is 1. The number of hydrogen-bond acceptors (Lipinski definition) is 4. The van der Waals surface area contributed by atoms with Crippen molar-refractivity contribution in [2.24, 2.45) is 0 Å². The third-order valence-corrected chi connectivity index (χ3v) is 4.78. The van der Waals surface area contributed by atoms with Crippen LogP contribution in [0.3, 0.4) is 0 Å². The Balaban J connectivity index is 1.87. The fraction of sp³-hybridized carbons (Fsp3) is 0.105. The summed E-state index contributed by atoms with van der Waals surface area (Å²) >= 11 is 0. The van der Waals surface area contributed by atoms with Crippen molar-refractivity contribution < 1.29 is 9.90 Å². The van der Waals surface area contributed by atoms with Crippen LogP contribution in [0, 0.1) is 0 Å². The van der Waals surface area contributed by atoms with Gasteiger partial charge >= 0.3 is 0 Å². The minimum Gasteiger partial charge on any atom is -0.508 e. The highest BCUT2D eigenvalue weighted by Crippen LogP contribution is 2.36. The number of aromatic amines is 1. The number of hydrogen-bond donors (Lipinski definition) is 3. The summed E-state index contributed by atoms with van der Waals surface area (Å²) in [5, 5.41) is 12.6. The molecule has 0 radical (unpaired) electrons. The van der Waals surface area contributed by atoms with Crippen LogP contribution < -0.4 is 10.9 Å². The molecule has 1 aliphatic heterocycles. The van der Waals surface area contributed by atoms with E-state index >= 15 is 0 Å². The molecule has 1 atom stereocenters. The Morgan fingerprint density at radius 3 is 2.81 bits per heavy atom. The second-order valence-electron chi connectivity index (χ2n) is 6.38. The molecule has 5 rings (SSSR count). The van der Waals surface area contributed by atoms with Crippen molar-refractivity contribution in [3.63, 3.8) is 0 Å². The predicted octanol–water partition coefficient (Wildman–Crippen LogP) is 2.36. The van der Waals surface area contributed by atoms with Crippen molar-refractivity contribution in [1.29, 1.82) is 0 Å². The lowest BCUT2D eigenvalue weighted by Crippen LogP contribution is -2.32. The van der Waals surface area contributed by atoms with E-state index in [9.17, 15) is 14.7 Å². The highest BCUT2D eigenvalue weighted by atomic mass is 16.3. The standard InChI is InChI=1S/C19H14N4O3/c24-11-5-3-4-10(8-11)12-9-15(25)21-17-16(12)18(26)22-19-20-13-6-1-2-7-14(13)23(17)19/h1-8,12,24H,9H2,(H,21,25)(H,20,22,26)/t12-/m0/s1. The number of imidazole rings is 1. The molecular weight excluding hydrogens is 332 g/mol. The zero-order valence-corrected chi connectivity index (χ0v) is 13.6. The van der Waals surface area contributed by atoms with Gasteiger partial charge < -0.3 is 10.4 Å². The van der Waals surface area contributed by atoms with E-state index in [2.05, 4.69) is 15.3 Å². The molecule has 1 aliphatic rings. The first kappa shape index (κ1) is 14.7. The largest absolute Gasteiger partial charge is 0.508 e. The predicted molar refractivity (Wildman–Crippen MR) is 96.5 cm³/mol. The van der Waals surface area contributed by atoms with Crippen LogP contribution in [0.5, 0.6) is 5.75 Å². The highest BCUT2D eigenvalue weighted by Gasteiger charge is 2.32. The number of phenols is 1. The number of carbonyl (C=O) groups is 1. The fourth-order valence-electron chi connectivity index (χ4n) is 3.68. The molecule has 3 N–H and O–H groups in total. The highest BCUT2D eigenvalue weighted by molar-refractivity contribution is 5.96. The lowest BCUT2D eigenvalue weighted by molar-refractivity contribution is -0.116. The maximum atomic E-state index is 12.8. The summed E-state index contributed by atoms with van der Waals surface area (Å²) in [6.07, 6.45) is 0.137. The number of phenolic OH excluding ortho intramolecular Hbond substituents is 1. The van der Waals surface area contributed by atoms with E-state index in [1.165, 1.54) is 0 Å². The molecular formula is C19H14N4O3. The summed E-state index contributed by atoms with van der Waals surface area (Å²) in [4.78, 5) is 32.5. The molecule has 7 heteroatoms. The molecule has 0 bridgehead atoms. The van der Waals surface area contributed by atoms with Gasteiger partial charge in [-0.25, -0.2) is 4.98 Å². The van der Waals surface area contributed by atoms with E-state index in [0.717, 1.165) is 16.6 Å². The van der Waals surface area contributed by atoms with Crippen LogP contribution in [-0.4, -0.2) is 25.4 Å². The van der Waals surface area contributed by atoms with Crippen LogP contribution in [0.4, 0.5) is 5.82 Å². The topological polar surface area (TPSA) is 99.5 Å². The van der Waals surface area contributed by atoms with E-state index in [0.29, 0.717) is 17.2 Å². The average Bonchev–Trinajstić information content (AvgIpc) is 2.99. The number of carbonyl (C=O) groups excluding carboxylic acids is 1. The number of fused-ring (bicyclic) bond motifs is 5. The van der Waals surface area contributed by atoms with Gasteiger partial charge in [-0.2, -0.15) is 0 Å². The monoisotopic (exact) mass is 346 g/mol. The number of rotatable bonds is 1. The van der Waals surface area contributed by atoms with E-state index in [1.54, 1.807) is 22.6 Å². The van der Waals surface area contributed by atoms with E-state index in [-0.39, 0.29) is 23.6 Å². The summed E-state index contributed by atoms with van der Waals surface area (Å²) < 4.78 is 1.76. The number of nitrogens with one attached hydrogen (secondary N) is 2. The van der Waals surface area contributed by atoms with Gasteiger partial charge in [0.2, 0.25) is 11.7 Å². The second-order valence-corrected chi connectivity index (χ2v) is 6.38. The molecule has 3 heterocycles. The first-order chi connectivity index (χ1) is 12.6. The molecule has 1 amide bonds. The molecule has 2 aromatic carbocycles. The summed E-state index contributed by atoms with van der Waals surface area (Å²) in [5.41, 5.74) is 2.41. The number of para-hydroxylation sites is 2. The third kappa shape index (κ3) is 2.03. The summed E-state index contributed by atoms with van der Waals surface area (Å²) in [5.74, 6) is 0.283. The van der Waals surface area contributed by atoms with Crippen molar-refractivity contribution in [3.05, 3.63) is 70.0 Å². The molecule has 0 fully saturated rings. The SMILES string of the molecule is O=C1C[C@@H](c2cccc(O)c2)c2c(n3c(nc4ccccc43)[nH]c2=O)N1. The minimum atomic E-state index is -0.444. The first-order valence-corrected chi connectivity index (χ1v) is 8.24. The van der Waals surface area contributed by atoms with Crippen molar-refractivity contribution in [1.82, 2.24) is 14.4 Å². The summed E-state index contributed by atoms with van der Waals surface area (Å²) in [6, 6.07) is 14.1. The zero-order valence-electron chi connectivity index (χ0n) is 13.6. The maximum Gasteiger partial charge on any atom is 0.258 e. The normalized spacial score (nSPS) is 16.6. The lowest BCUT2D eigenvalue weighted by atomic mass is 9.86. The summed E-state index contributed by atoms with van der Waals surface area (Å²) in [7, 11) is 0. The zero-order chi connectivity index (χ0) is 17.8. The van der Waals surface area contributed by atoms with Crippen molar-refractivity contribution in [2.45, 2.75) is 12.3 Å². The number of nitrogens with zero attached hydrogens (tertiary/aromatic N) is 2. The third-order valence-electron chi connectivity index (χ3n) is 4.78. The van der Waals surface area contributed by atoms with Gasteiger partial charge in [-0.05, 0) is 29.8 Å². The lowest BCUT2D eigenvalue weighted by Gasteiger charge is -2.25. The Labute approximate surface area is 146 Å². The Morgan fingerprint density at radius 2 is 1.96 bits per heavy atom. The molecule has 0 spiro atoms. The number of benzene rings is 2. The quantitative estimate of drug-likeness (QED) is 0.493. The van der Waals surface area contributed by atoms with E-state index in [1.807, 2.05) is 30.3 Å². The summed E-state index contributed by atoms with van der Waals surface area (Å²) in [6.45, 7) is 0. The minimum absolute atomic E-state index is 0.0978. The van der Waals surface area contributed by atoms with Crippen LogP contribution in [0.15, 0.2) is 53.3 Å². The van der Waals surface area contributed by atoms with Crippen molar-refractivity contribution in [2.75, 3.05) is 5.32 Å². The van der Waals surface area contributed by atoms with Crippen LogP contribution >= 0.6 is 0 Å². The maximum absolute atomic E-state index is 12.8. The van der Waals surface area contributed by atoms with Gasteiger partial charge in [-0.3, -0.25) is 19.0 Å². The van der Waals surface area contributed by atoms with E-state index < -0.39 is 5.92 Å². The number of H-pyrrole nitrogens is 1. The van der Waals surface area contributed by atoms with Gasteiger partial charge in [-0.1, -0.05) is 24.3 Å². The van der Waals surface area contributed by atoms with Gasteiger partial charge in [0, 0.05) is 12.3 Å². The Hall–Kier alpha value is -3.61. The number of aromatic hydroxyl groups is 1. The molecule has 26 heavy (non-hydrogen) atoms. The molecule has 7 nitrogen and oxygen atoms in total. The Morgan fingerprint density at radius 1 is 1.12 bits per heavy atom. The van der Waals surface area contributed by atoms with Gasteiger partial charge in [-0.15, -0.1) is 0 Å². The second kappa shape index (κ2) is 5.19. The molecule has 0 saturated heterocycles. The fourth-order valence-corrected chi connectivity index (χ4v) is 3.68. The number of aromatic nitrogens is 3. The van der Waals surface area contributed by atoms with Gasteiger partial charge in [0.1, 0.15) is 11.6 Å². The van der Waals surface area contributed by atoms with Crippen LogP contribution in [0.2, 0.25) is 0 Å². The molecule has 4 aromatic rings. The number of amides is 1. The Kier molecular flexibility index (Phi) is 2.94. The molecule has 0 unspecified atom stereocenters. The van der Waals surface area contributed by atoms with E-state index in [4.69, 9.17) is 0 Å². The Bertz CT molecular complexity index is 1250. The first-order valence-electron chi connectivity index (χ1n) is 8.24. The van der Waals surface area contributed by atoms with Gasteiger partial charge in [0.25, 0.3) is 5.56 Å². The molecule has 0 saturated carbocycles. The van der Waals surface area contributed by atoms with Crippen LogP contribution in [0.1, 0.15) is 23.5 Å². The van der Waals surface area contributed by atoms with Crippen LogP contribution in [0.25, 0.3) is 16.8 Å². The molecule has 0 aliphatic carbocycles.